The summed E-state index contributed by atoms with van der Waals surface area (Å²) in [6.07, 6.45) is 1.89. The van der Waals surface area contributed by atoms with Crippen molar-refractivity contribution in [2.45, 2.75) is 13.3 Å². The van der Waals surface area contributed by atoms with Gasteiger partial charge in [-0.3, -0.25) is 4.79 Å². The Morgan fingerprint density at radius 3 is 2.63 bits per heavy atom. The second kappa shape index (κ2) is 7.95. The van der Waals surface area contributed by atoms with Crippen molar-refractivity contribution < 1.29 is 9.53 Å². The van der Waals surface area contributed by atoms with E-state index in [0.29, 0.717) is 0 Å². The number of hydrogen-bond donors (Lipinski definition) is 2. The van der Waals surface area contributed by atoms with Gasteiger partial charge in [0.2, 0.25) is 5.91 Å². The molecule has 0 bridgehead atoms. The minimum Gasteiger partial charge on any atom is -0.497 e. The van der Waals surface area contributed by atoms with Crippen LogP contribution in [0, 0.1) is 6.92 Å². The van der Waals surface area contributed by atoms with E-state index < -0.39 is 0 Å². The molecular formula is C21H24N4O2. The van der Waals surface area contributed by atoms with E-state index in [9.17, 15) is 4.79 Å². The third kappa shape index (κ3) is 4.28. The van der Waals surface area contributed by atoms with Crippen molar-refractivity contribution >= 4 is 28.7 Å². The van der Waals surface area contributed by atoms with Crippen LogP contribution in [0.3, 0.4) is 0 Å². The Hall–Kier alpha value is -3.28. The van der Waals surface area contributed by atoms with E-state index in [4.69, 9.17) is 4.74 Å². The molecule has 0 fully saturated rings. The number of nitrogens with zero attached hydrogens (tertiary/aromatic N) is 2. The monoisotopic (exact) mass is 364 g/mol. The SMILES string of the molecule is COc1ccc2[nH]c(C)c(CC(=O)NN=Cc3ccc(N(C)C)cc3)c2c1. The largest absolute Gasteiger partial charge is 0.497 e. The average molecular weight is 364 g/mol. The summed E-state index contributed by atoms with van der Waals surface area (Å²) in [5.41, 5.74) is 7.55. The third-order valence-corrected chi connectivity index (χ3v) is 4.48. The lowest BCUT2D eigenvalue weighted by molar-refractivity contribution is -0.120. The van der Waals surface area contributed by atoms with Gasteiger partial charge in [0.15, 0.2) is 0 Å². The molecule has 0 saturated carbocycles. The van der Waals surface area contributed by atoms with Gasteiger partial charge >= 0.3 is 0 Å². The predicted octanol–water partition coefficient (Wildman–Crippen LogP) is 3.24. The Labute approximate surface area is 158 Å². The zero-order chi connectivity index (χ0) is 19.4. The number of fused-ring (bicyclic) bond motifs is 1. The molecule has 0 spiro atoms. The summed E-state index contributed by atoms with van der Waals surface area (Å²) in [6, 6.07) is 13.7. The molecule has 6 nitrogen and oxygen atoms in total. The molecule has 2 aromatic carbocycles. The number of aryl methyl sites for hydroxylation is 1. The lowest BCUT2D eigenvalue weighted by atomic mass is 10.1. The van der Waals surface area contributed by atoms with E-state index in [2.05, 4.69) is 15.5 Å². The molecule has 6 heteroatoms. The minimum atomic E-state index is -0.164. The molecule has 0 aliphatic rings. The van der Waals surface area contributed by atoms with Crippen LogP contribution in [0.15, 0.2) is 47.6 Å². The minimum absolute atomic E-state index is 0.164. The van der Waals surface area contributed by atoms with Crippen LogP contribution in [0.25, 0.3) is 10.9 Å². The highest BCUT2D eigenvalue weighted by molar-refractivity contribution is 5.91. The van der Waals surface area contributed by atoms with Gasteiger partial charge in [-0.25, -0.2) is 5.43 Å². The summed E-state index contributed by atoms with van der Waals surface area (Å²) in [4.78, 5) is 17.6. The number of anilines is 1. The fraction of sp³-hybridized carbons (Fsp3) is 0.238. The van der Waals surface area contributed by atoms with Crippen LogP contribution in [-0.4, -0.2) is 38.3 Å². The average Bonchev–Trinajstić information content (AvgIpc) is 2.96. The van der Waals surface area contributed by atoms with Crippen molar-refractivity contribution in [3.05, 3.63) is 59.3 Å². The van der Waals surface area contributed by atoms with Gasteiger partial charge in [-0.2, -0.15) is 5.10 Å². The summed E-state index contributed by atoms with van der Waals surface area (Å²) < 4.78 is 5.29. The molecule has 0 aliphatic heterocycles. The molecule has 3 rings (SSSR count). The topological polar surface area (TPSA) is 69.7 Å². The van der Waals surface area contributed by atoms with E-state index in [1.54, 1.807) is 13.3 Å². The number of aromatic amines is 1. The highest BCUT2D eigenvalue weighted by Crippen LogP contribution is 2.26. The van der Waals surface area contributed by atoms with Gasteiger partial charge < -0.3 is 14.6 Å². The smallest absolute Gasteiger partial charge is 0.244 e. The quantitative estimate of drug-likeness (QED) is 0.521. The first-order valence-corrected chi connectivity index (χ1v) is 8.72. The number of nitrogens with one attached hydrogen (secondary N) is 2. The normalized spacial score (nSPS) is 11.1. The molecule has 27 heavy (non-hydrogen) atoms. The number of hydrogen-bond acceptors (Lipinski definition) is 4. The van der Waals surface area contributed by atoms with E-state index in [0.717, 1.165) is 39.2 Å². The Kier molecular flexibility index (Phi) is 5.45. The first kappa shape index (κ1) is 18.5. The Morgan fingerprint density at radius 1 is 1.22 bits per heavy atom. The molecule has 140 valence electrons. The molecule has 0 atom stereocenters. The Balaban J connectivity index is 1.67. The summed E-state index contributed by atoms with van der Waals surface area (Å²) in [7, 11) is 5.62. The highest BCUT2D eigenvalue weighted by Gasteiger charge is 2.13. The third-order valence-electron chi connectivity index (χ3n) is 4.48. The number of carbonyl (C=O) groups is 1. The van der Waals surface area contributed by atoms with Crippen molar-refractivity contribution in [2.75, 3.05) is 26.1 Å². The van der Waals surface area contributed by atoms with Gasteiger partial charge in [-0.05, 0) is 48.4 Å². The van der Waals surface area contributed by atoms with Gasteiger partial charge in [0.1, 0.15) is 5.75 Å². The molecule has 3 aromatic rings. The standard InChI is InChI=1S/C21H24N4O2/c1-14-18(19-11-17(27-4)9-10-20(19)23-14)12-21(26)24-22-13-15-5-7-16(8-6-15)25(2)3/h5-11,13,23H,12H2,1-4H3,(H,24,26). The maximum atomic E-state index is 12.3. The molecule has 0 unspecified atom stereocenters. The van der Waals surface area contributed by atoms with Crippen LogP contribution < -0.4 is 15.1 Å². The van der Waals surface area contributed by atoms with Crippen LogP contribution in [0.1, 0.15) is 16.8 Å². The van der Waals surface area contributed by atoms with Gasteiger partial charge in [0.25, 0.3) is 0 Å². The van der Waals surface area contributed by atoms with Crippen LogP contribution in [0.4, 0.5) is 5.69 Å². The van der Waals surface area contributed by atoms with Crippen LogP contribution in [-0.2, 0) is 11.2 Å². The van der Waals surface area contributed by atoms with Crippen molar-refractivity contribution in [3.63, 3.8) is 0 Å². The fourth-order valence-corrected chi connectivity index (χ4v) is 2.95. The van der Waals surface area contributed by atoms with Gasteiger partial charge in [-0.15, -0.1) is 0 Å². The van der Waals surface area contributed by atoms with Crippen LogP contribution in [0.2, 0.25) is 0 Å². The second-order valence-electron chi connectivity index (χ2n) is 6.60. The number of carbonyl (C=O) groups excluding carboxylic acids is 1. The van der Waals surface area contributed by atoms with Crippen molar-refractivity contribution in [3.8, 4) is 5.75 Å². The van der Waals surface area contributed by atoms with Gasteiger partial charge in [-0.1, -0.05) is 12.1 Å². The number of benzene rings is 2. The van der Waals surface area contributed by atoms with E-state index in [1.807, 2.05) is 68.4 Å². The van der Waals surface area contributed by atoms with Crippen molar-refractivity contribution in [1.82, 2.24) is 10.4 Å². The number of amides is 1. The molecule has 1 amide bonds. The Bertz CT molecular complexity index is 972. The highest BCUT2D eigenvalue weighted by atomic mass is 16.5. The Morgan fingerprint density at radius 2 is 1.96 bits per heavy atom. The predicted molar refractivity (Wildman–Crippen MR) is 110 cm³/mol. The van der Waals surface area contributed by atoms with Gasteiger partial charge in [0.05, 0.1) is 19.7 Å². The lowest BCUT2D eigenvalue weighted by Crippen LogP contribution is -2.20. The number of ether oxygens (including phenoxy) is 1. The number of aromatic nitrogens is 1. The van der Waals surface area contributed by atoms with Crippen molar-refractivity contribution in [1.29, 1.82) is 0 Å². The molecule has 1 heterocycles. The maximum absolute atomic E-state index is 12.3. The summed E-state index contributed by atoms with van der Waals surface area (Å²) in [5, 5.41) is 5.06. The first-order chi connectivity index (χ1) is 13.0. The zero-order valence-electron chi connectivity index (χ0n) is 16.0. The van der Waals surface area contributed by atoms with Crippen LogP contribution >= 0.6 is 0 Å². The maximum Gasteiger partial charge on any atom is 0.244 e. The van der Waals surface area contributed by atoms with E-state index in [1.165, 1.54) is 0 Å². The summed E-state index contributed by atoms with van der Waals surface area (Å²) >= 11 is 0. The molecule has 0 radical (unpaired) electrons. The van der Waals surface area contributed by atoms with E-state index >= 15 is 0 Å². The molecule has 0 saturated heterocycles. The lowest BCUT2D eigenvalue weighted by Gasteiger charge is -2.11. The number of hydrazone groups is 1. The number of H-pyrrole nitrogens is 1. The molecule has 2 N–H and O–H groups in total. The van der Waals surface area contributed by atoms with Crippen LogP contribution in [0.5, 0.6) is 5.75 Å². The summed E-state index contributed by atoms with van der Waals surface area (Å²) in [5.74, 6) is 0.602. The molecular weight excluding hydrogens is 340 g/mol. The van der Waals surface area contributed by atoms with Gasteiger partial charge in [0, 0.05) is 36.4 Å². The molecule has 1 aromatic heterocycles. The first-order valence-electron chi connectivity index (χ1n) is 8.72. The fourth-order valence-electron chi connectivity index (χ4n) is 2.95. The second-order valence-corrected chi connectivity index (χ2v) is 6.60. The van der Waals surface area contributed by atoms with E-state index in [-0.39, 0.29) is 12.3 Å². The molecule has 0 aliphatic carbocycles. The number of rotatable bonds is 6. The summed E-state index contributed by atoms with van der Waals surface area (Å²) in [6.45, 7) is 1.96. The van der Waals surface area contributed by atoms with Crippen molar-refractivity contribution in [2.24, 2.45) is 5.10 Å². The zero-order valence-corrected chi connectivity index (χ0v) is 16.0. The number of methoxy groups -OCH3 is 1.